The van der Waals surface area contributed by atoms with Crippen molar-refractivity contribution in [1.82, 2.24) is 0 Å². The average Bonchev–Trinajstić information content (AvgIpc) is 3.01. The summed E-state index contributed by atoms with van der Waals surface area (Å²) in [6.07, 6.45) is 0. The van der Waals surface area contributed by atoms with Crippen LogP contribution in [-0.2, 0) is 0 Å². The number of hydrogen-bond acceptors (Lipinski definition) is 4. The van der Waals surface area contributed by atoms with Crippen LogP contribution in [0.2, 0.25) is 19.9 Å². The maximum absolute atomic E-state index is 2.44. The Hall–Kier alpha value is 3.78. The van der Waals surface area contributed by atoms with E-state index in [2.05, 4.69) is 66.9 Å². The van der Waals surface area contributed by atoms with E-state index in [9.17, 15) is 0 Å². The van der Waals surface area contributed by atoms with E-state index < -0.39 is 0 Å². The molecule has 0 saturated carbocycles. The van der Waals surface area contributed by atoms with Crippen LogP contribution >= 0.6 is 47.0 Å². The van der Waals surface area contributed by atoms with Crippen molar-refractivity contribution in [3.8, 4) is 0 Å². The minimum atomic E-state index is 0.117. The summed E-state index contributed by atoms with van der Waals surface area (Å²) in [6.45, 7) is 0. The quantitative estimate of drug-likeness (QED) is 0.391. The molecular weight excluding hydrogens is 759 g/mol. The maximum atomic E-state index is 2.44. The zero-order valence-corrected chi connectivity index (χ0v) is 22.9. The third-order valence-electron chi connectivity index (χ3n) is 1.98. The molecule has 0 aromatic carbocycles. The first-order valence-electron chi connectivity index (χ1n) is 4.83. The first-order valence-corrected chi connectivity index (χ1v) is 22.1. The molecule has 0 N–H and O–H groups in total. The van der Waals surface area contributed by atoms with Gasteiger partial charge in [0.2, 0.25) is 0 Å². The van der Waals surface area contributed by atoms with Crippen molar-refractivity contribution in [3.63, 3.8) is 0 Å². The van der Waals surface area contributed by atoms with Crippen molar-refractivity contribution in [2.45, 2.75) is 19.9 Å². The Morgan fingerprint density at radius 1 is 0.500 bits per heavy atom. The molecule has 18 heavy (non-hydrogen) atoms. The zero-order valence-electron chi connectivity index (χ0n) is 10.3. The van der Waals surface area contributed by atoms with E-state index in [1.807, 2.05) is 0 Å². The van der Waals surface area contributed by atoms with E-state index in [0.29, 0.717) is 0 Å². The minimum absolute atomic E-state index is 0.117. The van der Waals surface area contributed by atoms with Gasteiger partial charge in [0.1, 0.15) is 0 Å². The first kappa shape index (κ1) is 18.1. The van der Waals surface area contributed by atoms with Crippen molar-refractivity contribution < 1.29 is 0 Å². The molecule has 0 fully saturated rings. The van der Waals surface area contributed by atoms with Crippen LogP contribution in [0.4, 0.5) is 0 Å². The van der Waals surface area contributed by atoms with Gasteiger partial charge in [0, 0.05) is 0 Å². The van der Waals surface area contributed by atoms with Crippen LogP contribution in [0.1, 0.15) is 0 Å². The molecule has 0 saturated heterocycles. The summed E-state index contributed by atoms with van der Waals surface area (Å²) in [6, 6.07) is 0. The molecule has 0 nitrogen and oxygen atoms in total. The van der Waals surface area contributed by atoms with Crippen molar-refractivity contribution in [2.75, 3.05) is 0 Å². The van der Waals surface area contributed by atoms with Crippen LogP contribution in [0.25, 0.3) is 0 Å². The summed E-state index contributed by atoms with van der Waals surface area (Å²) in [5.74, 6) is 0. The molecule has 0 amide bonds. The van der Waals surface area contributed by atoms with Crippen molar-refractivity contribution >= 4 is 131 Å². The Bertz CT molecular complexity index is 365. The van der Waals surface area contributed by atoms with Gasteiger partial charge in [-0.3, -0.25) is 0 Å². The molecule has 2 heterocycles. The summed E-state index contributed by atoms with van der Waals surface area (Å²) in [5, 5.41) is 0. The van der Waals surface area contributed by atoms with Gasteiger partial charge in [-0.1, -0.05) is 0 Å². The topological polar surface area (TPSA) is 0 Å². The summed E-state index contributed by atoms with van der Waals surface area (Å²) < 4.78 is 10.5. The fourth-order valence-electron chi connectivity index (χ4n) is 1.21. The van der Waals surface area contributed by atoms with Gasteiger partial charge in [-0.15, -0.1) is 0 Å². The molecule has 0 aromatic heterocycles. The molecule has 0 bridgehead atoms. The first-order chi connectivity index (χ1) is 8.73. The molecule has 2 aliphatic heterocycles. The van der Waals surface area contributed by atoms with Crippen LogP contribution in [0, 0.1) is 0 Å². The Kier molecular flexibility index (Phi) is 9.23. The molecule has 2 rings (SSSR count). The third-order valence-corrected chi connectivity index (χ3v) is 24.9. The van der Waals surface area contributed by atoms with Gasteiger partial charge in [-0.25, -0.2) is 0 Å². The van der Waals surface area contributed by atoms with Crippen LogP contribution in [0.15, 0.2) is 20.3 Å². The average molecular weight is 771 g/mol. The SMILES string of the molecule is C[Te]C1=C([Te]C)SC(=C2SC([Te]C)=C([Te]C)S2)S1. The summed E-state index contributed by atoms with van der Waals surface area (Å²) in [5.41, 5.74) is 0. The van der Waals surface area contributed by atoms with Crippen molar-refractivity contribution in [2.24, 2.45) is 0 Å². The van der Waals surface area contributed by atoms with Gasteiger partial charge >= 0.3 is 171 Å². The molecule has 8 heteroatoms. The molecule has 2 aliphatic rings. The summed E-state index contributed by atoms with van der Waals surface area (Å²) in [4.78, 5) is 9.74. The molecule has 100 valence electrons. The van der Waals surface area contributed by atoms with Gasteiger partial charge in [-0.05, 0) is 0 Å². The predicted octanol–water partition coefficient (Wildman–Crippen LogP) is 4.34. The van der Waals surface area contributed by atoms with Crippen LogP contribution in [-0.4, -0.2) is 83.7 Å². The standard InChI is InChI=1S/C10H12S4Te4/c1-15-7-8(16-2)12-5(11-7)6-13-9(17-3)10(14-6)18-4/h1-4H3. The fourth-order valence-corrected chi connectivity index (χ4v) is 25.4. The normalized spacial score (nSPS) is 20.7. The van der Waals surface area contributed by atoms with Crippen molar-refractivity contribution in [1.29, 1.82) is 0 Å². The van der Waals surface area contributed by atoms with Crippen LogP contribution in [0.3, 0.4) is 0 Å². The number of thioether (sulfide) groups is 4. The van der Waals surface area contributed by atoms with Gasteiger partial charge in [0.05, 0.1) is 0 Å². The van der Waals surface area contributed by atoms with Crippen LogP contribution < -0.4 is 0 Å². The Balaban J connectivity index is 2.14. The van der Waals surface area contributed by atoms with Crippen LogP contribution in [0.5, 0.6) is 0 Å². The zero-order chi connectivity index (χ0) is 13.1. The van der Waals surface area contributed by atoms with Gasteiger partial charge in [-0.2, -0.15) is 0 Å². The molecule has 0 radical (unpaired) electrons. The summed E-state index contributed by atoms with van der Waals surface area (Å²) >= 11 is 9.02. The second-order valence-corrected chi connectivity index (χ2v) is 20.1. The van der Waals surface area contributed by atoms with E-state index in [-0.39, 0.29) is 83.7 Å². The summed E-state index contributed by atoms with van der Waals surface area (Å²) in [7, 11) is 0. The monoisotopic (exact) mass is 780 g/mol. The third kappa shape index (κ3) is 4.41. The van der Waals surface area contributed by atoms with Gasteiger partial charge in [0.25, 0.3) is 0 Å². The molecule has 0 spiro atoms. The predicted molar refractivity (Wildman–Crippen MR) is 97.9 cm³/mol. The van der Waals surface area contributed by atoms with Gasteiger partial charge < -0.3 is 0 Å². The molecule has 0 atom stereocenters. The number of rotatable bonds is 4. The number of hydrogen-bond donors (Lipinski definition) is 0. The molecule has 0 unspecified atom stereocenters. The van der Waals surface area contributed by atoms with E-state index in [0.717, 1.165) is 0 Å². The fraction of sp³-hybridized carbons (Fsp3) is 0.400. The Morgan fingerprint density at radius 3 is 0.889 bits per heavy atom. The molecular formula is C10H12S4Te4. The van der Waals surface area contributed by atoms with Crippen molar-refractivity contribution in [3.05, 3.63) is 20.3 Å². The molecule has 0 aliphatic carbocycles. The van der Waals surface area contributed by atoms with E-state index >= 15 is 0 Å². The van der Waals surface area contributed by atoms with E-state index in [4.69, 9.17) is 0 Å². The molecule has 0 aromatic rings. The second kappa shape index (κ2) is 9.17. The second-order valence-electron chi connectivity index (χ2n) is 2.95. The van der Waals surface area contributed by atoms with Gasteiger partial charge in [0.15, 0.2) is 0 Å². The Labute approximate surface area is 167 Å². The van der Waals surface area contributed by atoms with E-state index in [1.54, 1.807) is 20.3 Å². The Morgan fingerprint density at radius 2 is 0.722 bits per heavy atom. The van der Waals surface area contributed by atoms with E-state index in [1.165, 1.54) is 0 Å².